The third-order valence-electron chi connectivity index (χ3n) is 1.77. The van der Waals surface area contributed by atoms with Crippen molar-refractivity contribution in [1.29, 1.82) is 0 Å². The van der Waals surface area contributed by atoms with Crippen molar-refractivity contribution < 1.29 is 23.9 Å². The van der Waals surface area contributed by atoms with E-state index in [2.05, 4.69) is 4.74 Å². The molecular formula is C11H16O5. The molecule has 0 aromatic rings. The van der Waals surface area contributed by atoms with E-state index < -0.39 is 5.97 Å². The number of esters is 2. The number of ether oxygens (including phenoxy) is 2. The molecule has 0 aliphatic carbocycles. The van der Waals surface area contributed by atoms with Gasteiger partial charge in [-0.1, -0.05) is 0 Å². The molecule has 0 heterocycles. The monoisotopic (exact) mass is 228 g/mol. The SMILES string of the molecule is COC(=O)/C=C/C(=O)CC[C@H](C)OC(C)=O. The van der Waals surface area contributed by atoms with Crippen molar-refractivity contribution >= 4 is 17.7 Å². The second kappa shape index (κ2) is 7.62. The lowest BCUT2D eigenvalue weighted by Crippen LogP contribution is -2.13. The molecule has 0 unspecified atom stereocenters. The van der Waals surface area contributed by atoms with Crippen LogP contribution < -0.4 is 0 Å². The maximum atomic E-state index is 11.2. The van der Waals surface area contributed by atoms with Gasteiger partial charge < -0.3 is 9.47 Å². The molecule has 0 saturated carbocycles. The Morgan fingerprint density at radius 3 is 2.38 bits per heavy atom. The highest BCUT2D eigenvalue weighted by molar-refractivity contribution is 5.95. The van der Waals surface area contributed by atoms with Crippen molar-refractivity contribution in [2.24, 2.45) is 0 Å². The number of ketones is 1. The second-order valence-corrected chi connectivity index (χ2v) is 3.28. The van der Waals surface area contributed by atoms with Crippen LogP contribution in [-0.2, 0) is 23.9 Å². The number of allylic oxidation sites excluding steroid dienone is 1. The number of rotatable bonds is 6. The van der Waals surface area contributed by atoms with Crippen molar-refractivity contribution in [3.63, 3.8) is 0 Å². The summed E-state index contributed by atoms with van der Waals surface area (Å²) in [5.74, 6) is -1.14. The van der Waals surface area contributed by atoms with Crippen LogP contribution in [0.1, 0.15) is 26.7 Å². The van der Waals surface area contributed by atoms with Gasteiger partial charge in [0.2, 0.25) is 0 Å². The zero-order valence-electron chi connectivity index (χ0n) is 9.69. The second-order valence-electron chi connectivity index (χ2n) is 3.28. The van der Waals surface area contributed by atoms with Crippen molar-refractivity contribution in [3.05, 3.63) is 12.2 Å². The molecule has 0 radical (unpaired) electrons. The minimum atomic E-state index is -0.568. The highest BCUT2D eigenvalue weighted by Gasteiger charge is 2.07. The largest absolute Gasteiger partial charge is 0.466 e. The maximum Gasteiger partial charge on any atom is 0.330 e. The third-order valence-corrected chi connectivity index (χ3v) is 1.77. The predicted molar refractivity (Wildman–Crippen MR) is 56.6 cm³/mol. The Morgan fingerprint density at radius 1 is 1.25 bits per heavy atom. The number of methoxy groups -OCH3 is 1. The van der Waals surface area contributed by atoms with E-state index >= 15 is 0 Å². The standard InChI is InChI=1S/C11H16O5/c1-8(16-9(2)12)4-5-10(13)6-7-11(14)15-3/h6-8H,4-5H2,1-3H3/b7-6+/t8-/m0/s1. The average molecular weight is 228 g/mol. The van der Waals surface area contributed by atoms with Crippen LogP contribution >= 0.6 is 0 Å². The quantitative estimate of drug-likeness (QED) is 0.501. The van der Waals surface area contributed by atoms with Gasteiger partial charge in [0, 0.05) is 19.4 Å². The molecule has 1 atom stereocenters. The number of hydrogen-bond acceptors (Lipinski definition) is 5. The van der Waals surface area contributed by atoms with Crippen LogP contribution in [-0.4, -0.2) is 30.9 Å². The smallest absolute Gasteiger partial charge is 0.330 e. The molecule has 0 amide bonds. The molecule has 0 spiro atoms. The highest BCUT2D eigenvalue weighted by atomic mass is 16.5. The van der Waals surface area contributed by atoms with Gasteiger partial charge in [0.15, 0.2) is 5.78 Å². The van der Waals surface area contributed by atoms with Crippen LogP contribution in [0.3, 0.4) is 0 Å². The summed E-state index contributed by atoms with van der Waals surface area (Å²) in [4.78, 5) is 32.5. The van der Waals surface area contributed by atoms with Gasteiger partial charge in [-0.05, 0) is 19.4 Å². The van der Waals surface area contributed by atoms with Gasteiger partial charge in [0.05, 0.1) is 13.2 Å². The Hall–Kier alpha value is -1.65. The molecule has 0 bridgehead atoms. The summed E-state index contributed by atoms with van der Waals surface area (Å²) in [5, 5.41) is 0. The van der Waals surface area contributed by atoms with Crippen LogP contribution in [0.5, 0.6) is 0 Å². The van der Waals surface area contributed by atoms with E-state index in [-0.39, 0.29) is 24.3 Å². The van der Waals surface area contributed by atoms with E-state index in [0.717, 1.165) is 12.2 Å². The Bertz CT molecular complexity index is 293. The summed E-state index contributed by atoms with van der Waals surface area (Å²) in [7, 11) is 1.24. The Balaban J connectivity index is 3.85. The Morgan fingerprint density at radius 2 is 1.88 bits per heavy atom. The van der Waals surface area contributed by atoms with Crippen molar-refractivity contribution in [2.75, 3.05) is 7.11 Å². The van der Waals surface area contributed by atoms with Gasteiger partial charge in [-0.15, -0.1) is 0 Å². The first-order chi connectivity index (χ1) is 7.45. The molecular weight excluding hydrogens is 212 g/mol. The van der Waals surface area contributed by atoms with Crippen molar-refractivity contribution in [1.82, 2.24) is 0 Å². The molecule has 0 aromatic carbocycles. The van der Waals surface area contributed by atoms with Gasteiger partial charge >= 0.3 is 11.9 Å². The molecule has 0 N–H and O–H groups in total. The molecule has 5 heteroatoms. The van der Waals surface area contributed by atoms with Gasteiger partial charge in [-0.2, -0.15) is 0 Å². The first kappa shape index (κ1) is 14.3. The van der Waals surface area contributed by atoms with E-state index in [0.29, 0.717) is 6.42 Å². The van der Waals surface area contributed by atoms with Crippen molar-refractivity contribution in [3.8, 4) is 0 Å². The lowest BCUT2D eigenvalue weighted by atomic mass is 10.1. The molecule has 0 aliphatic heterocycles. The minimum absolute atomic E-state index is 0.204. The number of carbonyl (C=O) groups excluding carboxylic acids is 3. The third kappa shape index (κ3) is 7.73. The first-order valence-corrected chi connectivity index (χ1v) is 4.91. The fraction of sp³-hybridized carbons (Fsp3) is 0.545. The topological polar surface area (TPSA) is 69.7 Å². The summed E-state index contributed by atoms with van der Waals surface area (Å²) < 4.78 is 9.17. The Labute approximate surface area is 94.4 Å². The highest BCUT2D eigenvalue weighted by Crippen LogP contribution is 2.03. The summed E-state index contributed by atoms with van der Waals surface area (Å²) >= 11 is 0. The summed E-state index contributed by atoms with van der Waals surface area (Å²) in [6.07, 6.45) is 2.59. The average Bonchev–Trinajstić information content (AvgIpc) is 2.22. The zero-order chi connectivity index (χ0) is 12.6. The maximum absolute atomic E-state index is 11.2. The molecule has 5 nitrogen and oxygen atoms in total. The molecule has 16 heavy (non-hydrogen) atoms. The number of hydrogen-bond donors (Lipinski definition) is 0. The fourth-order valence-corrected chi connectivity index (χ4v) is 1.00. The molecule has 0 aromatic heterocycles. The Kier molecular flexibility index (Phi) is 6.83. The van der Waals surface area contributed by atoms with Crippen LogP contribution in [0, 0.1) is 0 Å². The minimum Gasteiger partial charge on any atom is -0.466 e. The van der Waals surface area contributed by atoms with Crippen LogP contribution in [0.4, 0.5) is 0 Å². The van der Waals surface area contributed by atoms with Crippen LogP contribution in [0.15, 0.2) is 12.2 Å². The lowest BCUT2D eigenvalue weighted by molar-refractivity contribution is -0.146. The molecule has 0 saturated heterocycles. The zero-order valence-corrected chi connectivity index (χ0v) is 9.69. The fourth-order valence-electron chi connectivity index (χ4n) is 1.00. The van der Waals surface area contributed by atoms with Crippen molar-refractivity contribution in [2.45, 2.75) is 32.8 Å². The van der Waals surface area contributed by atoms with Crippen LogP contribution in [0.2, 0.25) is 0 Å². The van der Waals surface area contributed by atoms with Crippen LogP contribution in [0.25, 0.3) is 0 Å². The molecule has 90 valence electrons. The van der Waals surface area contributed by atoms with E-state index in [1.54, 1.807) is 6.92 Å². The van der Waals surface area contributed by atoms with E-state index in [9.17, 15) is 14.4 Å². The van der Waals surface area contributed by atoms with Gasteiger partial charge in [0.25, 0.3) is 0 Å². The first-order valence-electron chi connectivity index (χ1n) is 4.91. The summed E-state index contributed by atoms with van der Waals surface area (Å²) in [6, 6.07) is 0. The summed E-state index contributed by atoms with van der Waals surface area (Å²) in [6.45, 7) is 3.02. The molecule has 0 fully saturated rings. The predicted octanol–water partition coefficient (Wildman–Crippen LogP) is 1.02. The van der Waals surface area contributed by atoms with E-state index in [4.69, 9.17) is 4.74 Å². The van der Waals surface area contributed by atoms with Gasteiger partial charge in [-0.3, -0.25) is 9.59 Å². The van der Waals surface area contributed by atoms with Gasteiger partial charge in [0.1, 0.15) is 0 Å². The van der Waals surface area contributed by atoms with E-state index in [1.807, 2.05) is 0 Å². The van der Waals surface area contributed by atoms with E-state index in [1.165, 1.54) is 14.0 Å². The number of carbonyl (C=O) groups is 3. The molecule has 0 aliphatic rings. The molecule has 0 rings (SSSR count). The normalized spacial score (nSPS) is 12.2. The summed E-state index contributed by atoms with van der Waals surface area (Å²) in [5.41, 5.74) is 0. The lowest BCUT2D eigenvalue weighted by Gasteiger charge is -2.09. The van der Waals surface area contributed by atoms with Gasteiger partial charge in [-0.25, -0.2) is 4.79 Å².